The minimum Gasteiger partial charge on any atom is -0.317 e. The van der Waals surface area contributed by atoms with Crippen LogP contribution in [0.5, 0.6) is 0 Å². The second-order valence-corrected chi connectivity index (χ2v) is 2.22. The van der Waals surface area contributed by atoms with Gasteiger partial charge in [-0.3, -0.25) is 0 Å². The summed E-state index contributed by atoms with van der Waals surface area (Å²) in [5, 5.41) is 0. The predicted octanol–water partition coefficient (Wildman–Crippen LogP) is 2.29. The minimum atomic E-state index is -0.212. The first-order valence-electron chi connectivity index (χ1n) is 3.41. The van der Waals surface area contributed by atoms with E-state index in [0.717, 1.165) is 0 Å². The highest BCUT2D eigenvalue weighted by Crippen LogP contribution is 2.06. The normalized spacial score (nSPS) is 9.09. The third-order valence-electron chi connectivity index (χ3n) is 1.45. The summed E-state index contributed by atoms with van der Waals surface area (Å²) in [6.45, 7) is 6.89. The minimum absolute atomic E-state index is 0.212. The molecule has 0 radical (unpaired) electrons. The van der Waals surface area contributed by atoms with E-state index in [4.69, 9.17) is 6.57 Å². The monoisotopic (exact) mass is 149 g/mol. The largest absolute Gasteiger partial charge is 0.317 e. The Labute approximate surface area is 65.3 Å². The molecule has 1 rings (SSSR count). The third-order valence-corrected chi connectivity index (χ3v) is 1.45. The second kappa shape index (κ2) is 3.72. The van der Waals surface area contributed by atoms with Crippen LogP contribution in [0.3, 0.4) is 0 Å². The van der Waals surface area contributed by atoms with Crippen molar-refractivity contribution >= 4 is 0 Å². The molecule has 2 heteroatoms. The molecule has 0 saturated heterocycles. The summed E-state index contributed by atoms with van der Waals surface area (Å²) >= 11 is 0. The zero-order valence-electron chi connectivity index (χ0n) is 6.05. The predicted molar refractivity (Wildman–Crippen MR) is 41.6 cm³/mol. The Morgan fingerprint density at radius 3 is 2.73 bits per heavy atom. The fourth-order valence-electron chi connectivity index (χ4n) is 0.877. The van der Waals surface area contributed by atoms with Crippen LogP contribution < -0.4 is 0 Å². The quantitative estimate of drug-likeness (QED) is 0.568. The van der Waals surface area contributed by atoms with Crippen LogP contribution >= 0.6 is 0 Å². The van der Waals surface area contributed by atoms with Gasteiger partial charge in [0.15, 0.2) is 0 Å². The number of rotatable bonds is 2. The molecule has 11 heavy (non-hydrogen) atoms. The van der Waals surface area contributed by atoms with Crippen molar-refractivity contribution < 1.29 is 4.39 Å². The highest BCUT2D eigenvalue weighted by molar-refractivity contribution is 5.17. The maximum atomic E-state index is 12.8. The van der Waals surface area contributed by atoms with E-state index in [1.54, 1.807) is 18.2 Å². The summed E-state index contributed by atoms with van der Waals surface area (Å²) in [7, 11) is 0. The lowest BCUT2D eigenvalue weighted by Crippen LogP contribution is -1.91. The number of nitrogens with zero attached hydrogens (tertiary/aromatic N) is 1. The van der Waals surface area contributed by atoms with Crippen molar-refractivity contribution in [2.45, 2.75) is 6.42 Å². The van der Waals surface area contributed by atoms with E-state index in [0.29, 0.717) is 18.5 Å². The molecule has 1 nitrogen and oxygen atoms in total. The van der Waals surface area contributed by atoms with Gasteiger partial charge in [-0.15, -0.1) is 0 Å². The smallest absolute Gasteiger partial charge is 0.218 e. The van der Waals surface area contributed by atoms with Gasteiger partial charge in [-0.1, -0.05) is 18.2 Å². The molecule has 0 atom stereocenters. The Morgan fingerprint density at radius 1 is 1.36 bits per heavy atom. The maximum absolute atomic E-state index is 12.8. The van der Waals surface area contributed by atoms with Gasteiger partial charge < -0.3 is 4.85 Å². The summed E-state index contributed by atoms with van der Waals surface area (Å²) in [4.78, 5) is 3.16. The topological polar surface area (TPSA) is 4.36 Å². The first-order chi connectivity index (χ1) is 5.34. The van der Waals surface area contributed by atoms with Crippen molar-refractivity contribution in [2.75, 3.05) is 6.54 Å². The first kappa shape index (κ1) is 7.74. The Kier molecular flexibility index (Phi) is 2.62. The van der Waals surface area contributed by atoms with Crippen molar-refractivity contribution in [2.24, 2.45) is 0 Å². The van der Waals surface area contributed by atoms with E-state index in [-0.39, 0.29) is 5.82 Å². The van der Waals surface area contributed by atoms with Crippen molar-refractivity contribution in [1.82, 2.24) is 0 Å². The van der Waals surface area contributed by atoms with Gasteiger partial charge in [-0.25, -0.2) is 11.0 Å². The zero-order valence-corrected chi connectivity index (χ0v) is 6.05. The lowest BCUT2D eigenvalue weighted by atomic mass is 10.1. The average molecular weight is 149 g/mol. The highest BCUT2D eigenvalue weighted by atomic mass is 19.1. The Bertz CT molecular complexity index is 275. The molecule has 0 aliphatic heterocycles. The maximum Gasteiger partial charge on any atom is 0.218 e. The first-order valence-corrected chi connectivity index (χ1v) is 3.41. The van der Waals surface area contributed by atoms with Gasteiger partial charge in [0, 0.05) is 6.42 Å². The number of benzene rings is 1. The third kappa shape index (κ3) is 2.05. The molecule has 0 heterocycles. The van der Waals surface area contributed by atoms with Crippen molar-refractivity contribution in [3.05, 3.63) is 47.1 Å². The van der Waals surface area contributed by atoms with Crippen LogP contribution in [0.1, 0.15) is 5.56 Å². The van der Waals surface area contributed by atoms with Gasteiger partial charge in [0.2, 0.25) is 6.54 Å². The summed E-state index contributed by atoms with van der Waals surface area (Å²) < 4.78 is 12.8. The molecule has 0 bridgehead atoms. The van der Waals surface area contributed by atoms with Crippen LogP contribution in [0.2, 0.25) is 0 Å². The molecule has 0 aliphatic rings. The molecular weight excluding hydrogens is 141 g/mol. The van der Waals surface area contributed by atoms with Gasteiger partial charge in [0.05, 0.1) is 0 Å². The van der Waals surface area contributed by atoms with E-state index in [9.17, 15) is 4.39 Å². The lowest BCUT2D eigenvalue weighted by molar-refractivity contribution is 0.611. The van der Waals surface area contributed by atoms with E-state index in [2.05, 4.69) is 4.85 Å². The second-order valence-electron chi connectivity index (χ2n) is 2.22. The molecule has 56 valence electrons. The van der Waals surface area contributed by atoms with E-state index < -0.39 is 0 Å². The summed E-state index contributed by atoms with van der Waals surface area (Å²) in [6.07, 6.45) is 0.510. The van der Waals surface area contributed by atoms with E-state index in [1.807, 2.05) is 0 Å². The van der Waals surface area contributed by atoms with Crippen LogP contribution in [-0.2, 0) is 6.42 Å². The molecule has 0 fully saturated rings. The molecule has 0 spiro atoms. The Balaban J connectivity index is 2.71. The molecule has 0 aromatic heterocycles. The van der Waals surface area contributed by atoms with Crippen LogP contribution in [0.4, 0.5) is 4.39 Å². The number of hydrogen-bond donors (Lipinski definition) is 0. The fraction of sp³-hybridized carbons (Fsp3) is 0.222. The molecule has 1 aromatic rings. The Morgan fingerprint density at radius 2 is 2.09 bits per heavy atom. The Hall–Kier alpha value is -1.36. The van der Waals surface area contributed by atoms with Crippen LogP contribution in [0.25, 0.3) is 4.85 Å². The standard InChI is InChI=1S/C9H8FN/c1-11-7-6-8-4-2-3-5-9(8)10/h2-5H,6-7H2. The summed E-state index contributed by atoms with van der Waals surface area (Å²) in [6, 6.07) is 6.55. The molecule has 0 saturated carbocycles. The number of halogens is 1. The van der Waals surface area contributed by atoms with Crippen LogP contribution in [0, 0.1) is 12.4 Å². The average Bonchev–Trinajstić information content (AvgIpc) is 2.03. The van der Waals surface area contributed by atoms with E-state index in [1.165, 1.54) is 6.07 Å². The van der Waals surface area contributed by atoms with Crippen molar-refractivity contribution in [1.29, 1.82) is 0 Å². The number of hydrogen-bond acceptors (Lipinski definition) is 0. The van der Waals surface area contributed by atoms with Gasteiger partial charge in [0.25, 0.3) is 0 Å². The molecular formula is C9H8FN. The van der Waals surface area contributed by atoms with Crippen LogP contribution in [0.15, 0.2) is 24.3 Å². The molecule has 0 amide bonds. The van der Waals surface area contributed by atoms with Crippen molar-refractivity contribution in [3.8, 4) is 0 Å². The van der Waals surface area contributed by atoms with E-state index >= 15 is 0 Å². The molecule has 0 aliphatic carbocycles. The molecule has 0 unspecified atom stereocenters. The molecule has 1 aromatic carbocycles. The molecule has 0 N–H and O–H groups in total. The van der Waals surface area contributed by atoms with Gasteiger partial charge in [-0.05, 0) is 11.6 Å². The lowest BCUT2D eigenvalue weighted by Gasteiger charge is -1.95. The van der Waals surface area contributed by atoms with Gasteiger partial charge in [0.1, 0.15) is 5.82 Å². The van der Waals surface area contributed by atoms with Gasteiger partial charge in [-0.2, -0.15) is 0 Å². The highest BCUT2D eigenvalue weighted by Gasteiger charge is 1.99. The van der Waals surface area contributed by atoms with Crippen molar-refractivity contribution in [3.63, 3.8) is 0 Å². The SMILES string of the molecule is [C-]#[N+]CCc1ccccc1F. The zero-order chi connectivity index (χ0) is 8.10. The summed E-state index contributed by atoms with van der Waals surface area (Å²) in [5.74, 6) is -0.212. The summed E-state index contributed by atoms with van der Waals surface area (Å²) in [5.41, 5.74) is 0.628. The van der Waals surface area contributed by atoms with Gasteiger partial charge >= 0.3 is 0 Å². The van der Waals surface area contributed by atoms with Crippen LogP contribution in [-0.4, -0.2) is 6.54 Å². The fourth-order valence-corrected chi connectivity index (χ4v) is 0.877.